The molecule has 1 N–H and O–H groups in total. The van der Waals surface area contributed by atoms with Crippen molar-refractivity contribution in [3.63, 3.8) is 0 Å². The molecule has 1 aromatic carbocycles. The van der Waals surface area contributed by atoms with E-state index in [1.165, 1.54) is 28.7 Å². The molecule has 0 bridgehead atoms. The van der Waals surface area contributed by atoms with E-state index in [1.807, 2.05) is 37.3 Å². The maximum Gasteiger partial charge on any atom is 0.285 e. The lowest BCUT2D eigenvalue weighted by Crippen LogP contribution is -2.44. The van der Waals surface area contributed by atoms with E-state index in [-0.39, 0.29) is 16.1 Å². The number of furan rings is 1. The Hall–Kier alpha value is -2.33. The van der Waals surface area contributed by atoms with Gasteiger partial charge >= 0.3 is 0 Å². The van der Waals surface area contributed by atoms with Gasteiger partial charge in [0.05, 0.1) is 9.78 Å². The summed E-state index contributed by atoms with van der Waals surface area (Å²) < 4.78 is 6.08. The minimum Gasteiger partial charge on any atom is -0.450 e. The summed E-state index contributed by atoms with van der Waals surface area (Å²) in [7, 11) is 0. The Morgan fingerprint density at radius 3 is 2.72 bits per heavy atom. The quantitative estimate of drug-likeness (QED) is 0.411. The Labute approximate surface area is 185 Å². The number of thioether (sulfide) groups is 1. The molecule has 0 atom stereocenters. The maximum absolute atomic E-state index is 12.6. The molecule has 3 aromatic rings. The van der Waals surface area contributed by atoms with Gasteiger partial charge in [-0.2, -0.15) is 5.01 Å². The van der Waals surface area contributed by atoms with E-state index < -0.39 is 0 Å². The summed E-state index contributed by atoms with van der Waals surface area (Å²) >= 11 is 9.16. The molecule has 146 valence electrons. The molecular formula is C20H14N2O3S4. The molecule has 4 rings (SSSR count). The number of hydrazine groups is 1. The van der Waals surface area contributed by atoms with Gasteiger partial charge in [0, 0.05) is 11.0 Å². The standard InChI is InChI=1S/C20H14N2O3S4/c1-12-4-7-14(8-5-12)28-17-9-6-13(25-17)11-16-19(24)22(20(26)29-16)21-18(23)15-3-2-10-27-15/h2-11H,1H3,(H,21,23)/b16-11-. The van der Waals surface area contributed by atoms with Crippen LogP contribution in [-0.4, -0.2) is 21.1 Å². The first-order valence-electron chi connectivity index (χ1n) is 8.46. The van der Waals surface area contributed by atoms with Crippen molar-refractivity contribution in [1.82, 2.24) is 10.4 Å². The molecule has 1 fully saturated rings. The second-order valence-corrected chi connectivity index (χ2v) is 9.71. The van der Waals surface area contributed by atoms with Crippen LogP contribution in [0.15, 0.2) is 73.2 Å². The summed E-state index contributed by atoms with van der Waals surface area (Å²) in [5.41, 5.74) is 3.75. The molecule has 2 aromatic heterocycles. The van der Waals surface area contributed by atoms with Gasteiger partial charge in [0.25, 0.3) is 11.8 Å². The van der Waals surface area contributed by atoms with Crippen LogP contribution < -0.4 is 5.43 Å². The number of nitrogens with one attached hydrogen (secondary N) is 1. The third-order valence-corrected chi connectivity index (χ3v) is 6.97. The van der Waals surface area contributed by atoms with Gasteiger partial charge in [0.1, 0.15) is 5.76 Å². The SMILES string of the molecule is Cc1ccc(Sc2ccc(/C=C3\SC(=S)N(NC(=O)c4cccs4)C3=O)o2)cc1. The van der Waals surface area contributed by atoms with Crippen LogP contribution >= 0.6 is 47.1 Å². The molecule has 9 heteroatoms. The topological polar surface area (TPSA) is 62.6 Å². The molecule has 0 spiro atoms. The van der Waals surface area contributed by atoms with Crippen LogP contribution in [0.25, 0.3) is 6.08 Å². The van der Waals surface area contributed by atoms with Crippen LogP contribution in [0.4, 0.5) is 0 Å². The smallest absolute Gasteiger partial charge is 0.285 e. The van der Waals surface area contributed by atoms with E-state index in [1.54, 1.807) is 29.7 Å². The summed E-state index contributed by atoms with van der Waals surface area (Å²) in [6.45, 7) is 2.04. The molecule has 0 saturated carbocycles. The molecule has 5 nitrogen and oxygen atoms in total. The number of hydrogen-bond donors (Lipinski definition) is 1. The third-order valence-electron chi connectivity index (χ3n) is 3.87. The lowest BCUT2D eigenvalue weighted by Gasteiger charge is -2.14. The normalized spacial score (nSPS) is 15.3. The van der Waals surface area contributed by atoms with Crippen LogP contribution in [0.2, 0.25) is 0 Å². The highest BCUT2D eigenvalue weighted by molar-refractivity contribution is 8.26. The molecule has 2 amide bonds. The van der Waals surface area contributed by atoms with Crippen molar-refractivity contribution in [3.8, 4) is 0 Å². The van der Waals surface area contributed by atoms with Crippen LogP contribution in [-0.2, 0) is 4.79 Å². The maximum atomic E-state index is 12.6. The number of amides is 2. The number of carbonyl (C=O) groups is 2. The average Bonchev–Trinajstić information content (AvgIpc) is 3.43. The molecule has 3 heterocycles. The van der Waals surface area contributed by atoms with Crippen molar-refractivity contribution in [2.45, 2.75) is 16.9 Å². The number of carbonyl (C=O) groups excluding carboxylic acids is 2. The number of thiophene rings is 1. The summed E-state index contributed by atoms with van der Waals surface area (Å²) in [5.74, 6) is -0.203. The molecule has 1 aliphatic heterocycles. The molecule has 0 radical (unpaired) electrons. The highest BCUT2D eigenvalue weighted by Crippen LogP contribution is 2.34. The van der Waals surface area contributed by atoms with Crippen LogP contribution in [0.3, 0.4) is 0 Å². The first kappa shape index (κ1) is 20.0. The first-order chi connectivity index (χ1) is 14.0. The van der Waals surface area contributed by atoms with Crippen LogP contribution in [0, 0.1) is 6.92 Å². The Morgan fingerprint density at radius 1 is 1.21 bits per heavy atom. The zero-order chi connectivity index (χ0) is 20.4. The van der Waals surface area contributed by atoms with E-state index in [0.717, 1.165) is 26.8 Å². The van der Waals surface area contributed by atoms with Crippen molar-refractivity contribution < 1.29 is 14.0 Å². The Balaban J connectivity index is 1.45. The van der Waals surface area contributed by atoms with Crippen LogP contribution in [0.1, 0.15) is 21.0 Å². The van der Waals surface area contributed by atoms with Gasteiger partial charge < -0.3 is 4.42 Å². The van der Waals surface area contributed by atoms with E-state index in [2.05, 4.69) is 5.43 Å². The zero-order valence-corrected chi connectivity index (χ0v) is 18.3. The predicted octanol–water partition coefficient (Wildman–Crippen LogP) is 5.35. The number of hydrogen-bond acceptors (Lipinski definition) is 7. The van der Waals surface area contributed by atoms with Crippen molar-refractivity contribution >= 4 is 69.3 Å². The van der Waals surface area contributed by atoms with Crippen molar-refractivity contribution in [2.24, 2.45) is 0 Å². The number of nitrogens with zero attached hydrogens (tertiary/aromatic N) is 1. The lowest BCUT2D eigenvalue weighted by molar-refractivity contribution is -0.123. The van der Waals surface area contributed by atoms with Crippen molar-refractivity contribution in [2.75, 3.05) is 0 Å². The van der Waals surface area contributed by atoms with Gasteiger partial charge in [-0.15, -0.1) is 11.3 Å². The predicted molar refractivity (Wildman–Crippen MR) is 121 cm³/mol. The number of rotatable bonds is 5. The van der Waals surface area contributed by atoms with Crippen molar-refractivity contribution in [1.29, 1.82) is 0 Å². The summed E-state index contributed by atoms with van der Waals surface area (Å²) in [6, 6.07) is 15.3. The Morgan fingerprint density at radius 2 is 2.00 bits per heavy atom. The fourth-order valence-electron chi connectivity index (χ4n) is 2.45. The van der Waals surface area contributed by atoms with Gasteiger partial charge in [0.15, 0.2) is 9.41 Å². The monoisotopic (exact) mass is 458 g/mol. The number of thiocarbonyl (C=S) groups is 1. The minimum atomic E-state index is -0.381. The molecule has 1 saturated heterocycles. The largest absolute Gasteiger partial charge is 0.450 e. The first-order valence-corrected chi connectivity index (χ1v) is 11.4. The minimum absolute atomic E-state index is 0.270. The molecule has 0 aliphatic carbocycles. The summed E-state index contributed by atoms with van der Waals surface area (Å²) in [4.78, 5) is 26.8. The Kier molecular flexibility index (Phi) is 5.91. The molecular weight excluding hydrogens is 444 g/mol. The molecule has 29 heavy (non-hydrogen) atoms. The van der Waals surface area contributed by atoms with Gasteiger partial charge in [-0.05, 0) is 54.9 Å². The summed E-state index contributed by atoms with van der Waals surface area (Å²) in [6.07, 6.45) is 1.63. The van der Waals surface area contributed by atoms with Crippen molar-refractivity contribution in [3.05, 3.63) is 75.0 Å². The second kappa shape index (κ2) is 8.58. The van der Waals surface area contributed by atoms with E-state index >= 15 is 0 Å². The van der Waals surface area contributed by atoms with Crippen LogP contribution in [0.5, 0.6) is 0 Å². The zero-order valence-electron chi connectivity index (χ0n) is 15.1. The lowest BCUT2D eigenvalue weighted by atomic mass is 10.2. The fraction of sp³-hybridized carbons (Fsp3) is 0.0500. The van der Waals surface area contributed by atoms with E-state index in [4.69, 9.17) is 16.6 Å². The fourth-order valence-corrected chi connectivity index (χ4v) is 5.00. The van der Waals surface area contributed by atoms with Gasteiger partial charge in [-0.3, -0.25) is 15.0 Å². The highest BCUT2D eigenvalue weighted by Gasteiger charge is 2.34. The second-order valence-electron chi connectivity index (χ2n) is 6.01. The molecule has 1 aliphatic rings. The highest BCUT2D eigenvalue weighted by atomic mass is 32.2. The summed E-state index contributed by atoms with van der Waals surface area (Å²) in [5, 5.41) is 3.61. The molecule has 0 unspecified atom stereocenters. The average molecular weight is 459 g/mol. The van der Waals surface area contributed by atoms with E-state index in [0.29, 0.717) is 15.5 Å². The number of aryl methyl sites for hydroxylation is 1. The van der Waals surface area contributed by atoms with Gasteiger partial charge in [-0.1, -0.05) is 47.3 Å². The number of benzene rings is 1. The third kappa shape index (κ3) is 4.64. The van der Waals surface area contributed by atoms with E-state index in [9.17, 15) is 9.59 Å². The Bertz CT molecular complexity index is 1100. The van der Waals surface area contributed by atoms with Gasteiger partial charge in [-0.25, -0.2) is 0 Å². The van der Waals surface area contributed by atoms with Gasteiger partial charge in [0.2, 0.25) is 0 Å².